The summed E-state index contributed by atoms with van der Waals surface area (Å²) in [7, 11) is 0. The molecule has 0 aromatic rings. The quantitative estimate of drug-likeness (QED) is 0.836. The van der Waals surface area contributed by atoms with E-state index in [4.69, 9.17) is 0 Å². The maximum Gasteiger partial charge on any atom is 0.326 e. The van der Waals surface area contributed by atoms with Crippen molar-refractivity contribution in [1.29, 1.82) is 0 Å². The van der Waals surface area contributed by atoms with E-state index in [1.54, 1.807) is 4.90 Å². The average molecular weight is 267 g/mol. The van der Waals surface area contributed by atoms with E-state index in [0.717, 1.165) is 25.7 Å². The van der Waals surface area contributed by atoms with Crippen LogP contribution < -0.4 is 0 Å². The van der Waals surface area contributed by atoms with Crippen LogP contribution in [0.2, 0.25) is 0 Å². The van der Waals surface area contributed by atoms with E-state index in [9.17, 15) is 14.7 Å². The number of carboxylic acid groups (broad SMARTS) is 1. The largest absolute Gasteiger partial charge is 0.480 e. The Kier molecular flexibility index (Phi) is 3.88. The maximum absolute atomic E-state index is 12.7. The number of nitrogens with zero attached hydrogens (tertiary/aromatic N) is 1. The Hall–Kier alpha value is -1.06. The van der Waals surface area contributed by atoms with Crippen molar-refractivity contribution in [3.05, 3.63) is 0 Å². The molecule has 108 valence electrons. The van der Waals surface area contributed by atoms with E-state index in [1.807, 2.05) is 6.92 Å². The lowest BCUT2D eigenvalue weighted by Gasteiger charge is -2.40. The second kappa shape index (κ2) is 5.14. The number of aliphatic carboxylic acids is 1. The minimum absolute atomic E-state index is 0.00418. The molecule has 3 unspecified atom stereocenters. The Morgan fingerprint density at radius 2 is 1.89 bits per heavy atom. The van der Waals surface area contributed by atoms with Crippen molar-refractivity contribution in [2.24, 2.45) is 17.3 Å². The second-order valence-corrected chi connectivity index (χ2v) is 6.87. The number of carbonyl (C=O) groups is 2. The van der Waals surface area contributed by atoms with Crippen LogP contribution in [0.1, 0.15) is 52.9 Å². The minimum Gasteiger partial charge on any atom is -0.480 e. The molecule has 0 spiro atoms. The molecule has 2 rings (SSSR count). The van der Waals surface area contributed by atoms with Gasteiger partial charge in [-0.05, 0) is 30.6 Å². The Bertz CT molecular complexity index is 378. The van der Waals surface area contributed by atoms with E-state index < -0.39 is 12.0 Å². The SMILES string of the molecule is CC1CCN(C(=O)C2CCCCC2(C)C)C1C(=O)O. The average Bonchev–Trinajstić information content (AvgIpc) is 2.70. The van der Waals surface area contributed by atoms with Gasteiger partial charge < -0.3 is 10.0 Å². The lowest BCUT2D eigenvalue weighted by Crippen LogP contribution is -2.49. The number of hydrogen-bond donors (Lipinski definition) is 1. The zero-order chi connectivity index (χ0) is 14.2. The summed E-state index contributed by atoms with van der Waals surface area (Å²) in [6, 6.07) is -0.620. The molecule has 3 atom stereocenters. The Labute approximate surface area is 115 Å². The van der Waals surface area contributed by atoms with Crippen LogP contribution in [0.3, 0.4) is 0 Å². The third kappa shape index (κ3) is 2.63. The van der Waals surface area contributed by atoms with Gasteiger partial charge in [0.25, 0.3) is 0 Å². The molecule has 0 bridgehead atoms. The molecule has 1 amide bonds. The summed E-state index contributed by atoms with van der Waals surface area (Å²) in [6.07, 6.45) is 5.03. The molecule has 4 nitrogen and oxygen atoms in total. The molecule has 1 aliphatic heterocycles. The summed E-state index contributed by atoms with van der Waals surface area (Å²) in [4.78, 5) is 25.7. The van der Waals surface area contributed by atoms with Crippen LogP contribution >= 0.6 is 0 Å². The van der Waals surface area contributed by atoms with Gasteiger partial charge in [0.1, 0.15) is 6.04 Å². The lowest BCUT2D eigenvalue weighted by atomic mass is 9.68. The van der Waals surface area contributed by atoms with E-state index >= 15 is 0 Å². The fourth-order valence-electron chi connectivity index (χ4n) is 3.72. The van der Waals surface area contributed by atoms with Crippen LogP contribution in [-0.2, 0) is 9.59 Å². The standard InChI is InChI=1S/C15H25NO3/c1-10-7-9-16(12(10)14(18)19)13(17)11-6-4-5-8-15(11,2)3/h10-12H,4-9H2,1-3H3,(H,18,19). The molecule has 0 aromatic heterocycles. The van der Waals surface area contributed by atoms with Crippen LogP contribution in [0.5, 0.6) is 0 Å². The summed E-state index contributed by atoms with van der Waals surface area (Å²) in [5, 5.41) is 9.34. The van der Waals surface area contributed by atoms with Crippen molar-refractivity contribution in [3.63, 3.8) is 0 Å². The predicted octanol–water partition coefficient (Wildman–Crippen LogP) is 2.52. The summed E-state index contributed by atoms with van der Waals surface area (Å²) in [6.45, 7) is 6.82. The summed E-state index contributed by atoms with van der Waals surface area (Å²) in [5.41, 5.74) is 0.00418. The van der Waals surface area contributed by atoms with Crippen LogP contribution in [0.25, 0.3) is 0 Å². The number of carbonyl (C=O) groups excluding carboxylic acids is 1. The first kappa shape index (κ1) is 14.4. The first-order valence-electron chi connectivity index (χ1n) is 7.38. The molecule has 1 saturated carbocycles. The van der Waals surface area contributed by atoms with Crippen molar-refractivity contribution < 1.29 is 14.7 Å². The molecule has 1 N–H and O–H groups in total. The lowest BCUT2D eigenvalue weighted by molar-refractivity contribution is -0.153. The maximum atomic E-state index is 12.7. The Morgan fingerprint density at radius 3 is 2.47 bits per heavy atom. The predicted molar refractivity (Wildman–Crippen MR) is 72.7 cm³/mol. The van der Waals surface area contributed by atoms with Crippen molar-refractivity contribution in [2.75, 3.05) is 6.54 Å². The van der Waals surface area contributed by atoms with Crippen molar-refractivity contribution in [3.8, 4) is 0 Å². The molecule has 1 heterocycles. The summed E-state index contributed by atoms with van der Waals surface area (Å²) in [5.74, 6) is -0.727. The third-order valence-electron chi connectivity index (χ3n) is 5.04. The fraction of sp³-hybridized carbons (Fsp3) is 0.867. The first-order chi connectivity index (χ1) is 8.84. The zero-order valence-electron chi connectivity index (χ0n) is 12.2. The number of likely N-dealkylation sites (tertiary alicyclic amines) is 1. The van der Waals surface area contributed by atoms with Gasteiger partial charge in [-0.2, -0.15) is 0 Å². The molecular weight excluding hydrogens is 242 g/mol. The van der Waals surface area contributed by atoms with Gasteiger partial charge in [0.15, 0.2) is 0 Å². The summed E-state index contributed by atoms with van der Waals surface area (Å²) >= 11 is 0. The molecular formula is C15H25NO3. The van der Waals surface area contributed by atoms with Gasteiger partial charge >= 0.3 is 5.97 Å². The highest BCUT2D eigenvalue weighted by Gasteiger charge is 2.45. The first-order valence-corrected chi connectivity index (χ1v) is 7.38. The number of rotatable bonds is 2. The van der Waals surface area contributed by atoms with Crippen LogP contribution in [0, 0.1) is 17.3 Å². The summed E-state index contributed by atoms with van der Waals surface area (Å²) < 4.78 is 0. The van der Waals surface area contributed by atoms with Crippen LogP contribution in [-0.4, -0.2) is 34.5 Å². The van der Waals surface area contributed by atoms with E-state index in [1.165, 1.54) is 6.42 Å². The molecule has 0 radical (unpaired) electrons. The number of amides is 1. The van der Waals surface area contributed by atoms with Gasteiger partial charge in [-0.3, -0.25) is 4.79 Å². The fourth-order valence-corrected chi connectivity index (χ4v) is 3.72. The molecule has 19 heavy (non-hydrogen) atoms. The molecule has 2 aliphatic rings. The third-order valence-corrected chi connectivity index (χ3v) is 5.04. The molecule has 0 aromatic carbocycles. The van der Waals surface area contributed by atoms with E-state index in [0.29, 0.717) is 6.54 Å². The highest BCUT2D eigenvalue weighted by Crippen LogP contribution is 2.42. The van der Waals surface area contributed by atoms with Crippen LogP contribution in [0.4, 0.5) is 0 Å². The minimum atomic E-state index is -0.855. The molecule has 2 fully saturated rings. The van der Waals surface area contributed by atoms with Gasteiger partial charge in [-0.25, -0.2) is 4.79 Å². The molecule has 1 saturated heterocycles. The van der Waals surface area contributed by atoms with Crippen LogP contribution in [0.15, 0.2) is 0 Å². The van der Waals surface area contributed by atoms with Crippen molar-refractivity contribution >= 4 is 11.9 Å². The monoisotopic (exact) mass is 267 g/mol. The Balaban J connectivity index is 2.17. The zero-order valence-corrected chi connectivity index (χ0v) is 12.2. The topological polar surface area (TPSA) is 57.6 Å². The molecule has 1 aliphatic carbocycles. The smallest absolute Gasteiger partial charge is 0.326 e. The van der Waals surface area contributed by atoms with E-state index in [-0.39, 0.29) is 23.2 Å². The van der Waals surface area contributed by atoms with Crippen molar-refractivity contribution in [1.82, 2.24) is 4.90 Å². The van der Waals surface area contributed by atoms with Crippen molar-refractivity contribution in [2.45, 2.75) is 58.9 Å². The van der Waals surface area contributed by atoms with Gasteiger partial charge in [0.2, 0.25) is 5.91 Å². The second-order valence-electron chi connectivity index (χ2n) is 6.87. The molecule has 4 heteroatoms. The number of carboxylic acids is 1. The normalized spacial score (nSPS) is 34.3. The number of hydrogen-bond acceptors (Lipinski definition) is 2. The highest BCUT2D eigenvalue weighted by molar-refractivity contribution is 5.86. The van der Waals surface area contributed by atoms with E-state index in [2.05, 4.69) is 13.8 Å². The highest BCUT2D eigenvalue weighted by atomic mass is 16.4. The Morgan fingerprint density at radius 1 is 1.21 bits per heavy atom. The van der Waals surface area contributed by atoms with Gasteiger partial charge in [-0.15, -0.1) is 0 Å². The van der Waals surface area contributed by atoms with Gasteiger partial charge in [-0.1, -0.05) is 33.6 Å². The van der Waals surface area contributed by atoms with Gasteiger partial charge in [0, 0.05) is 12.5 Å². The van der Waals surface area contributed by atoms with Gasteiger partial charge in [0.05, 0.1) is 0 Å².